The van der Waals surface area contributed by atoms with E-state index in [0.29, 0.717) is 0 Å². The highest BCUT2D eigenvalue weighted by molar-refractivity contribution is 5.15. The van der Waals surface area contributed by atoms with Crippen molar-refractivity contribution in [1.29, 1.82) is 0 Å². The number of aliphatic hydroxyl groups excluding tert-OH is 3. The van der Waals surface area contributed by atoms with Crippen LogP contribution in [-0.4, -0.2) is 45.2 Å². The van der Waals surface area contributed by atoms with Crippen LogP contribution in [0.15, 0.2) is 18.3 Å². The third kappa shape index (κ3) is 1.44. The average Bonchev–Trinajstić information content (AvgIpc) is 2.78. The Morgan fingerprint density at radius 1 is 1.29 bits per heavy atom. The van der Waals surface area contributed by atoms with Crippen LogP contribution in [0.3, 0.4) is 0 Å². The second kappa shape index (κ2) is 3.70. The van der Waals surface area contributed by atoms with E-state index in [-0.39, 0.29) is 12.6 Å². The molecular weight excluding hydrogens is 184 g/mol. The summed E-state index contributed by atoms with van der Waals surface area (Å²) in [4.78, 5) is 2.96. The highest BCUT2D eigenvalue weighted by Crippen LogP contribution is 2.26. The minimum Gasteiger partial charge on any atom is -0.395 e. The van der Waals surface area contributed by atoms with Gasteiger partial charge >= 0.3 is 0 Å². The number of hydrogen-bond acceptors (Lipinski definition) is 4. The third-order valence-electron chi connectivity index (χ3n) is 2.65. The fourth-order valence-electron chi connectivity index (χ4n) is 1.84. The molecule has 0 unspecified atom stereocenters. The lowest BCUT2D eigenvalue weighted by molar-refractivity contribution is 0.0191. The molecule has 14 heavy (non-hydrogen) atoms. The van der Waals surface area contributed by atoms with E-state index in [2.05, 4.69) is 10.3 Å². The number of rotatable bonds is 2. The van der Waals surface area contributed by atoms with Gasteiger partial charge in [-0.3, -0.25) is 5.32 Å². The largest absolute Gasteiger partial charge is 0.395 e. The fraction of sp³-hybridized carbons (Fsp3) is 0.556. The molecule has 2 rings (SSSR count). The predicted molar refractivity (Wildman–Crippen MR) is 49.6 cm³/mol. The van der Waals surface area contributed by atoms with Gasteiger partial charge in [-0.25, -0.2) is 0 Å². The van der Waals surface area contributed by atoms with E-state index in [1.807, 2.05) is 12.1 Å². The summed E-state index contributed by atoms with van der Waals surface area (Å²) in [6, 6.07) is 2.85. The first-order valence-corrected chi connectivity index (χ1v) is 4.60. The Balaban J connectivity index is 2.16. The molecule has 1 aliphatic rings. The van der Waals surface area contributed by atoms with E-state index in [1.165, 1.54) is 0 Å². The van der Waals surface area contributed by atoms with Crippen molar-refractivity contribution in [3.8, 4) is 0 Å². The predicted octanol–water partition coefficient (Wildman–Crippen LogP) is -1.26. The smallest absolute Gasteiger partial charge is 0.102 e. The molecule has 0 radical (unpaired) electrons. The molecule has 2 heterocycles. The summed E-state index contributed by atoms with van der Waals surface area (Å²) in [7, 11) is 0. The number of aromatic nitrogens is 1. The Bertz CT molecular complexity index is 288. The summed E-state index contributed by atoms with van der Waals surface area (Å²) in [6.45, 7) is -0.185. The Hall–Kier alpha value is -0.880. The van der Waals surface area contributed by atoms with Crippen molar-refractivity contribution in [2.24, 2.45) is 0 Å². The minimum atomic E-state index is -0.923. The van der Waals surface area contributed by atoms with Crippen molar-refractivity contribution in [2.75, 3.05) is 6.61 Å². The fourth-order valence-corrected chi connectivity index (χ4v) is 1.84. The zero-order valence-electron chi connectivity index (χ0n) is 7.59. The normalized spacial score (nSPS) is 37.6. The molecule has 0 spiro atoms. The summed E-state index contributed by atoms with van der Waals surface area (Å²) in [5.74, 6) is 0. The van der Waals surface area contributed by atoms with Gasteiger partial charge in [0.1, 0.15) is 6.10 Å². The van der Waals surface area contributed by atoms with E-state index in [4.69, 9.17) is 5.11 Å². The molecule has 1 saturated heterocycles. The zero-order chi connectivity index (χ0) is 10.1. The molecule has 0 saturated carbocycles. The number of hydrogen-bond donors (Lipinski definition) is 5. The maximum absolute atomic E-state index is 9.69. The number of aromatic amines is 1. The van der Waals surface area contributed by atoms with Crippen molar-refractivity contribution >= 4 is 0 Å². The maximum atomic E-state index is 9.69. The molecule has 1 aromatic heterocycles. The van der Waals surface area contributed by atoms with Gasteiger partial charge in [-0.15, -0.1) is 0 Å². The van der Waals surface area contributed by atoms with Gasteiger partial charge in [0.2, 0.25) is 0 Å². The summed E-state index contributed by atoms with van der Waals surface area (Å²) < 4.78 is 0. The topological polar surface area (TPSA) is 88.5 Å². The second-order valence-corrected chi connectivity index (χ2v) is 3.54. The lowest BCUT2D eigenvalue weighted by atomic mass is 10.1. The van der Waals surface area contributed by atoms with Crippen molar-refractivity contribution in [2.45, 2.75) is 24.3 Å². The van der Waals surface area contributed by atoms with Crippen LogP contribution in [-0.2, 0) is 0 Å². The van der Waals surface area contributed by atoms with E-state index in [0.717, 1.165) is 5.69 Å². The van der Waals surface area contributed by atoms with Crippen LogP contribution in [0.1, 0.15) is 11.7 Å². The average molecular weight is 198 g/mol. The van der Waals surface area contributed by atoms with E-state index in [9.17, 15) is 10.2 Å². The van der Waals surface area contributed by atoms with Gasteiger partial charge < -0.3 is 20.3 Å². The maximum Gasteiger partial charge on any atom is 0.102 e. The van der Waals surface area contributed by atoms with Crippen LogP contribution in [0.25, 0.3) is 0 Å². The molecular formula is C9H14N2O3. The molecule has 0 amide bonds. The summed E-state index contributed by atoms with van der Waals surface area (Å²) in [6.07, 6.45) is -0.0540. The van der Waals surface area contributed by atoms with Gasteiger partial charge in [-0.05, 0) is 12.1 Å². The molecule has 0 aliphatic carbocycles. The molecule has 78 valence electrons. The highest BCUT2D eigenvalue weighted by Gasteiger charge is 2.41. The Morgan fingerprint density at radius 2 is 2.07 bits per heavy atom. The quantitative estimate of drug-likeness (QED) is 0.410. The van der Waals surface area contributed by atoms with Crippen molar-refractivity contribution in [3.05, 3.63) is 24.0 Å². The van der Waals surface area contributed by atoms with E-state index >= 15 is 0 Å². The van der Waals surface area contributed by atoms with Crippen LogP contribution in [0.2, 0.25) is 0 Å². The molecule has 5 heteroatoms. The van der Waals surface area contributed by atoms with Crippen molar-refractivity contribution in [1.82, 2.24) is 10.3 Å². The van der Waals surface area contributed by atoms with Gasteiger partial charge in [0.25, 0.3) is 0 Å². The first kappa shape index (κ1) is 9.67. The highest BCUT2D eigenvalue weighted by atomic mass is 16.3. The third-order valence-corrected chi connectivity index (χ3v) is 2.65. The van der Waals surface area contributed by atoms with Crippen LogP contribution in [0.5, 0.6) is 0 Å². The summed E-state index contributed by atoms with van der Waals surface area (Å²) >= 11 is 0. The van der Waals surface area contributed by atoms with Gasteiger partial charge in [0.15, 0.2) is 0 Å². The number of nitrogens with one attached hydrogen (secondary N) is 2. The van der Waals surface area contributed by atoms with Gasteiger partial charge in [0.05, 0.1) is 24.8 Å². The monoisotopic (exact) mass is 198 g/mol. The van der Waals surface area contributed by atoms with Crippen LogP contribution < -0.4 is 5.32 Å². The number of aliphatic hydroxyl groups is 3. The second-order valence-electron chi connectivity index (χ2n) is 3.54. The van der Waals surface area contributed by atoms with E-state index < -0.39 is 18.2 Å². The Morgan fingerprint density at radius 3 is 2.57 bits per heavy atom. The molecule has 0 aromatic carbocycles. The van der Waals surface area contributed by atoms with Gasteiger partial charge in [-0.1, -0.05) is 0 Å². The number of H-pyrrole nitrogens is 1. The van der Waals surface area contributed by atoms with Crippen LogP contribution in [0.4, 0.5) is 0 Å². The minimum absolute atomic E-state index is 0.185. The van der Waals surface area contributed by atoms with E-state index in [1.54, 1.807) is 6.20 Å². The Labute approximate surface area is 81.4 Å². The van der Waals surface area contributed by atoms with Crippen molar-refractivity contribution < 1.29 is 15.3 Å². The first-order valence-electron chi connectivity index (χ1n) is 4.60. The van der Waals surface area contributed by atoms with Crippen LogP contribution >= 0.6 is 0 Å². The summed E-state index contributed by atoms with van der Waals surface area (Å²) in [5.41, 5.74) is 0.813. The van der Waals surface area contributed by atoms with Crippen molar-refractivity contribution in [3.63, 3.8) is 0 Å². The SMILES string of the molecule is OC[C@H]1N[C@@H](c2ccc[nH]2)[C@H](O)[C@H]1O. The van der Waals surface area contributed by atoms with Crippen LogP contribution in [0, 0.1) is 0 Å². The standard InChI is InChI=1S/C9H14N2O3/c12-4-6-8(13)9(14)7(11-6)5-2-1-3-10-5/h1-3,6-14H,4H2/t6-,7+,8+,9+/m1/s1. The molecule has 5 nitrogen and oxygen atoms in total. The first-order chi connectivity index (χ1) is 6.74. The molecule has 4 atom stereocenters. The Kier molecular flexibility index (Phi) is 2.56. The molecule has 1 aliphatic heterocycles. The lowest BCUT2D eigenvalue weighted by Gasteiger charge is -2.13. The lowest BCUT2D eigenvalue weighted by Crippen LogP contribution is -2.35. The summed E-state index contributed by atoms with van der Waals surface area (Å²) in [5, 5.41) is 31.1. The zero-order valence-corrected chi connectivity index (χ0v) is 7.59. The molecule has 1 aromatic rings. The molecule has 1 fully saturated rings. The van der Waals surface area contributed by atoms with Gasteiger partial charge in [-0.2, -0.15) is 0 Å². The van der Waals surface area contributed by atoms with Gasteiger partial charge in [0, 0.05) is 11.9 Å². The molecule has 5 N–H and O–H groups in total. The molecule has 0 bridgehead atoms.